The van der Waals surface area contributed by atoms with Gasteiger partial charge in [-0.15, -0.1) is 0 Å². The van der Waals surface area contributed by atoms with Crippen LogP contribution < -0.4 is 20.1 Å². The van der Waals surface area contributed by atoms with Crippen LogP contribution in [-0.2, 0) is 11.0 Å². The first kappa shape index (κ1) is 31.1. The fourth-order valence-corrected chi connectivity index (χ4v) is 6.97. The van der Waals surface area contributed by atoms with Crippen molar-refractivity contribution in [3.63, 3.8) is 0 Å². The summed E-state index contributed by atoms with van der Waals surface area (Å²) in [5.74, 6) is 2.07. The number of hydrogen-bond acceptors (Lipinski definition) is 7. The lowest BCUT2D eigenvalue weighted by molar-refractivity contribution is 0.380. The van der Waals surface area contributed by atoms with Gasteiger partial charge in [-0.2, -0.15) is 0 Å². The molecule has 0 bridgehead atoms. The Balaban J connectivity index is 0.00000189. The molecule has 2 atom stereocenters. The SMILES string of the molecule is C=C(C)S/C(=C(\C)Oc1ccc(NS(=O)C2(C)CCC2)c2ccccc12)c1ccnc(NC2CCCNC2)n1.CC. The number of ether oxygens (including phenoxy) is 1. The van der Waals surface area contributed by atoms with Crippen molar-refractivity contribution >= 4 is 50.1 Å². The van der Waals surface area contributed by atoms with Crippen molar-refractivity contribution in [1.29, 1.82) is 0 Å². The largest absolute Gasteiger partial charge is 0.460 e. The molecule has 0 radical (unpaired) electrons. The number of nitrogens with zero attached hydrogens (tertiary/aromatic N) is 2. The Morgan fingerprint density at radius 2 is 1.88 bits per heavy atom. The molecule has 1 aliphatic carbocycles. The number of fused-ring (bicyclic) bond motifs is 1. The highest BCUT2D eigenvalue weighted by molar-refractivity contribution is 8.11. The average Bonchev–Trinajstić information content (AvgIpc) is 2.97. The number of thioether (sulfide) groups is 1. The molecule has 2 aromatic carbocycles. The van der Waals surface area contributed by atoms with Crippen molar-refractivity contribution in [3.8, 4) is 5.75 Å². The second-order valence-electron chi connectivity index (χ2n) is 10.6. The van der Waals surface area contributed by atoms with Crippen LogP contribution in [0.15, 0.2) is 65.9 Å². The zero-order valence-electron chi connectivity index (χ0n) is 24.9. The number of benzene rings is 2. The predicted molar refractivity (Wildman–Crippen MR) is 176 cm³/mol. The Hall–Kier alpha value is -2.88. The number of rotatable bonds is 10. The molecule has 5 rings (SSSR count). The molecule has 1 saturated heterocycles. The minimum atomic E-state index is -1.15. The van der Waals surface area contributed by atoms with Gasteiger partial charge in [0.15, 0.2) is 0 Å². The fourth-order valence-electron chi connectivity index (χ4n) is 4.93. The Labute approximate surface area is 251 Å². The summed E-state index contributed by atoms with van der Waals surface area (Å²) < 4.78 is 22.7. The smallest absolute Gasteiger partial charge is 0.223 e. The Morgan fingerprint density at radius 3 is 2.54 bits per heavy atom. The lowest BCUT2D eigenvalue weighted by Gasteiger charge is -2.37. The van der Waals surface area contributed by atoms with E-state index in [0.29, 0.717) is 12.0 Å². The highest BCUT2D eigenvalue weighted by Gasteiger charge is 2.38. The summed E-state index contributed by atoms with van der Waals surface area (Å²) in [6.07, 6.45) is 7.11. The number of aromatic nitrogens is 2. The van der Waals surface area contributed by atoms with Crippen molar-refractivity contribution in [3.05, 3.63) is 71.6 Å². The van der Waals surface area contributed by atoms with E-state index in [-0.39, 0.29) is 4.75 Å². The Kier molecular flexibility index (Phi) is 10.9. The third kappa shape index (κ3) is 7.70. The van der Waals surface area contributed by atoms with Gasteiger partial charge in [0.2, 0.25) is 5.95 Å². The highest BCUT2D eigenvalue weighted by atomic mass is 32.2. The molecular weight excluding hydrogens is 551 g/mol. The van der Waals surface area contributed by atoms with Crippen LogP contribution in [-0.4, -0.2) is 38.1 Å². The van der Waals surface area contributed by atoms with E-state index in [1.807, 2.05) is 70.2 Å². The maximum absolute atomic E-state index is 13.1. The van der Waals surface area contributed by atoms with Gasteiger partial charge in [-0.1, -0.05) is 62.9 Å². The number of piperidine rings is 1. The molecule has 1 aliphatic heterocycles. The minimum absolute atomic E-state index is 0.164. The Morgan fingerprint density at radius 1 is 1.12 bits per heavy atom. The standard InChI is InChI=1S/C30H37N5O2S2.C2H6/c1-20(2)38-28(26-14-18-32-29(34-26)33-22-9-7-17-31-19-22)21(3)37-27-13-12-25(23-10-5-6-11-24(23)27)35-39(36)30(4)15-8-16-30;1-2/h5-6,10-14,18,22,31,35H,1,7-9,15-17,19H2,2-4H3,(H,32,33,34);1-2H3/b28-21+;. The monoisotopic (exact) mass is 593 g/mol. The van der Waals surface area contributed by atoms with E-state index < -0.39 is 11.0 Å². The van der Waals surface area contributed by atoms with Crippen LogP contribution in [0, 0.1) is 0 Å². The van der Waals surface area contributed by atoms with Gasteiger partial charge in [0.25, 0.3) is 0 Å². The molecule has 2 heterocycles. The maximum Gasteiger partial charge on any atom is 0.223 e. The molecule has 2 unspecified atom stereocenters. The summed E-state index contributed by atoms with van der Waals surface area (Å²) in [4.78, 5) is 11.1. The highest BCUT2D eigenvalue weighted by Crippen LogP contribution is 2.40. The number of hydrogen-bond donors (Lipinski definition) is 3. The van der Waals surface area contributed by atoms with Crippen molar-refractivity contribution in [2.24, 2.45) is 0 Å². The lowest BCUT2D eigenvalue weighted by Crippen LogP contribution is -2.41. The molecule has 3 N–H and O–H groups in total. The molecular formula is C32H43N5O2S2. The van der Waals surface area contributed by atoms with E-state index >= 15 is 0 Å². The molecule has 2 aliphatic rings. The third-order valence-corrected chi connectivity index (χ3v) is 10.1. The minimum Gasteiger partial charge on any atom is -0.460 e. The van der Waals surface area contributed by atoms with Gasteiger partial charge in [-0.25, -0.2) is 14.2 Å². The van der Waals surface area contributed by atoms with E-state index in [1.165, 1.54) is 0 Å². The van der Waals surface area contributed by atoms with Crippen molar-refractivity contribution in [2.45, 2.75) is 77.5 Å². The molecule has 1 aromatic heterocycles. The van der Waals surface area contributed by atoms with E-state index in [9.17, 15) is 4.21 Å². The van der Waals surface area contributed by atoms with Gasteiger partial charge in [0.05, 0.1) is 21.0 Å². The summed E-state index contributed by atoms with van der Waals surface area (Å²) in [5.41, 5.74) is 1.64. The summed E-state index contributed by atoms with van der Waals surface area (Å²) in [6, 6.07) is 14.2. The second kappa shape index (κ2) is 14.3. The van der Waals surface area contributed by atoms with E-state index in [4.69, 9.17) is 9.72 Å². The molecule has 1 saturated carbocycles. The molecule has 3 aromatic rings. The topological polar surface area (TPSA) is 88.2 Å². The maximum atomic E-state index is 13.1. The quantitative estimate of drug-likeness (QED) is 0.206. The summed E-state index contributed by atoms with van der Waals surface area (Å²) in [6.45, 7) is 16.1. The number of allylic oxidation sites excluding steroid dienone is 2. The van der Waals surface area contributed by atoms with Gasteiger partial charge >= 0.3 is 0 Å². The van der Waals surface area contributed by atoms with Crippen LogP contribution >= 0.6 is 11.8 Å². The van der Waals surface area contributed by atoms with Crippen LogP contribution in [0.25, 0.3) is 15.7 Å². The van der Waals surface area contributed by atoms with Crippen LogP contribution in [0.1, 0.15) is 72.4 Å². The summed E-state index contributed by atoms with van der Waals surface area (Å²) in [5, 5.41) is 8.82. The van der Waals surface area contributed by atoms with E-state index in [1.54, 1.807) is 18.0 Å². The van der Waals surface area contributed by atoms with E-state index in [0.717, 1.165) is 88.7 Å². The number of anilines is 2. The van der Waals surface area contributed by atoms with Gasteiger partial charge in [-0.3, -0.25) is 0 Å². The van der Waals surface area contributed by atoms with E-state index in [2.05, 4.69) is 33.8 Å². The lowest BCUT2D eigenvalue weighted by atomic mass is 9.86. The summed E-state index contributed by atoms with van der Waals surface area (Å²) in [7, 11) is -1.15. The van der Waals surface area contributed by atoms with Gasteiger partial charge in [0.1, 0.15) is 22.5 Å². The predicted octanol–water partition coefficient (Wildman–Crippen LogP) is 7.87. The van der Waals surface area contributed by atoms with Crippen LogP contribution in [0.3, 0.4) is 0 Å². The Bertz CT molecular complexity index is 1410. The third-order valence-electron chi connectivity index (χ3n) is 7.32. The molecule has 41 heavy (non-hydrogen) atoms. The fraction of sp³-hybridized carbons (Fsp3) is 0.438. The zero-order valence-corrected chi connectivity index (χ0v) is 26.5. The summed E-state index contributed by atoms with van der Waals surface area (Å²) >= 11 is 1.54. The van der Waals surface area contributed by atoms with Crippen molar-refractivity contribution in [2.75, 3.05) is 23.1 Å². The first-order valence-corrected chi connectivity index (χ1v) is 16.5. The zero-order chi connectivity index (χ0) is 29.4. The first-order valence-electron chi connectivity index (χ1n) is 14.6. The van der Waals surface area contributed by atoms with Gasteiger partial charge < -0.3 is 20.1 Å². The van der Waals surface area contributed by atoms with Crippen molar-refractivity contribution in [1.82, 2.24) is 15.3 Å². The van der Waals surface area contributed by atoms with Crippen LogP contribution in [0.4, 0.5) is 11.6 Å². The molecule has 9 heteroatoms. The molecule has 2 fully saturated rings. The van der Waals surface area contributed by atoms with Crippen LogP contribution in [0.5, 0.6) is 5.75 Å². The van der Waals surface area contributed by atoms with Gasteiger partial charge in [-0.05, 0) is 76.1 Å². The second-order valence-corrected chi connectivity index (χ2v) is 13.6. The molecule has 0 spiro atoms. The van der Waals surface area contributed by atoms with Gasteiger partial charge in [0, 0.05) is 29.6 Å². The number of nitrogens with one attached hydrogen (secondary N) is 3. The molecule has 0 amide bonds. The first-order chi connectivity index (χ1) is 19.8. The molecule has 7 nitrogen and oxygen atoms in total. The molecule has 220 valence electrons. The average molecular weight is 594 g/mol. The normalized spacial score (nSPS) is 19.1. The van der Waals surface area contributed by atoms with Crippen LogP contribution in [0.2, 0.25) is 0 Å². The van der Waals surface area contributed by atoms with Crippen molar-refractivity contribution < 1.29 is 8.95 Å².